The van der Waals surface area contributed by atoms with Crippen LogP contribution in [0.25, 0.3) is 0 Å². The number of non-ortho nitro benzene ring substituents is 1. The Morgan fingerprint density at radius 1 is 1.19 bits per heavy atom. The number of benzene rings is 2. The van der Waals surface area contributed by atoms with E-state index in [1.165, 1.54) is 12.8 Å². The zero-order chi connectivity index (χ0) is 22.2. The van der Waals surface area contributed by atoms with E-state index < -0.39 is 0 Å². The third kappa shape index (κ3) is 3.85. The van der Waals surface area contributed by atoms with Gasteiger partial charge in [-0.2, -0.15) is 0 Å². The molecule has 0 aromatic heterocycles. The molecule has 1 saturated heterocycles. The number of nitro benzene ring substituents is 1. The summed E-state index contributed by atoms with van der Waals surface area (Å²) in [5, 5.41) is 14.5. The number of hydrogen-bond donors (Lipinski definition) is 1. The minimum absolute atomic E-state index is 0.0122. The minimum atomic E-state index is -0.367. The van der Waals surface area contributed by atoms with E-state index in [0.717, 1.165) is 42.3 Å². The van der Waals surface area contributed by atoms with Crippen LogP contribution < -0.4 is 19.9 Å². The van der Waals surface area contributed by atoms with Crippen LogP contribution in [-0.2, 0) is 11.2 Å². The summed E-state index contributed by atoms with van der Waals surface area (Å²) in [5.41, 5.74) is 2.99. The van der Waals surface area contributed by atoms with Gasteiger partial charge in [0.25, 0.3) is 5.69 Å². The lowest BCUT2D eigenvalue weighted by molar-refractivity contribution is -0.384. The smallest absolute Gasteiger partial charge is 0.269 e. The molecule has 1 aliphatic carbocycles. The van der Waals surface area contributed by atoms with Gasteiger partial charge in [-0.3, -0.25) is 14.9 Å². The molecule has 2 aliphatic heterocycles. The van der Waals surface area contributed by atoms with Crippen LogP contribution in [0.4, 0.5) is 17.1 Å². The van der Waals surface area contributed by atoms with Crippen molar-refractivity contribution >= 4 is 23.0 Å². The van der Waals surface area contributed by atoms with Crippen molar-refractivity contribution in [1.29, 1.82) is 0 Å². The predicted octanol–water partition coefficient (Wildman–Crippen LogP) is 3.00. The third-order valence-electron chi connectivity index (χ3n) is 6.93. The van der Waals surface area contributed by atoms with Crippen molar-refractivity contribution in [1.82, 2.24) is 5.32 Å². The third-order valence-corrected chi connectivity index (χ3v) is 6.93. The molecular formula is C24H28N4O4. The van der Waals surface area contributed by atoms with E-state index in [1.807, 2.05) is 24.3 Å². The van der Waals surface area contributed by atoms with E-state index in [9.17, 15) is 14.9 Å². The van der Waals surface area contributed by atoms with Crippen LogP contribution in [0.15, 0.2) is 42.5 Å². The zero-order valence-electron chi connectivity index (χ0n) is 18.2. The maximum absolute atomic E-state index is 13.3. The SMILES string of the molecule is COc1ccccc1N1CCN2c3ccc([N+](=O)[O-])cc3CC(C(=O)NCC3CC3)C2C1. The first-order chi connectivity index (χ1) is 15.5. The van der Waals surface area contributed by atoms with Crippen molar-refractivity contribution < 1.29 is 14.5 Å². The number of carbonyl (C=O) groups excluding carboxylic acids is 1. The van der Waals surface area contributed by atoms with Crippen molar-refractivity contribution in [2.24, 2.45) is 11.8 Å². The number of piperazine rings is 1. The molecule has 1 amide bonds. The lowest BCUT2D eigenvalue weighted by Crippen LogP contribution is -2.61. The quantitative estimate of drug-likeness (QED) is 0.553. The van der Waals surface area contributed by atoms with E-state index >= 15 is 0 Å². The molecule has 168 valence electrons. The average molecular weight is 437 g/mol. The van der Waals surface area contributed by atoms with Gasteiger partial charge in [0.15, 0.2) is 0 Å². The van der Waals surface area contributed by atoms with Crippen LogP contribution in [0.2, 0.25) is 0 Å². The largest absolute Gasteiger partial charge is 0.495 e. The Balaban J connectivity index is 1.46. The van der Waals surface area contributed by atoms with Gasteiger partial charge in [0, 0.05) is 44.0 Å². The number of carbonyl (C=O) groups is 1. The number of fused-ring (bicyclic) bond motifs is 3. The molecule has 0 bridgehead atoms. The number of amides is 1. The van der Waals surface area contributed by atoms with Gasteiger partial charge in [0.05, 0.1) is 29.7 Å². The topological polar surface area (TPSA) is 87.9 Å². The zero-order valence-corrected chi connectivity index (χ0v) is 18.2. The number of rotatable bonds is 6. The molecule has 2 aromatic carbocycles. The van der Waals surface area contributed by atoms with Crippen molar-refractivity contribution in [3.63, 3.8) is 0 Å². The van der Waals surface area contributed by atoms with Crippen LogP contribution in [0, 0.1) is 22.0 Å². The Bertz CT molecular complexity index is 1040. The first-order valence-electron chi connectivity index (χ1n) is 11.2. The fourth-order valence-corrected chi connectivity index (χ4v) is 5.03. The summed E-state index contributed by atoms with van der Waals surface area (Å²) >= 11 is 0. The summed E-state index contributed by atoms with van der Waals surface area (Å²) < 4.78 is 5.57. The second-order valence-corrected chi connectivity index (χ2v) is 8.95. The minimum Gasteiger partial charge on any atom is -0.495 e. The number of anilines is 2. The summed E-state index contributed by atoms with van der Waals surface area (Å²) in [6, 6.07) is 13.0. The Hall–Kier alpha value is -3.29. The van der Waals surface area contributed by atoms with Crippen LogP contribution in [-0.4, -0.2) is 50.2 Å². The van der Waals surface area contributed by atoms with E-state index in [2.05, 4.69) is 21.2 Å². The highest BCUT2D eigenvalue weighted by atomic mass is 16.6. The van der Waals surface area contributed by atoms with Crippen molar-refractivity contribution in [2.45, 2.75) is 25.3 Å². The van der Waals surface area contributed by atoms with Gasteiger partial charge < -0.3 is 19.9 Å². The molecule has 8 nitrogen and oxygen atoms in total. The van der Waals surface area contributed by atoms with Gasteiger partial charge >= 0.3 is 0 Å². The van der Waals surface area contributed by atoms with Crippen molar-refractivity contribution in [3.8, 4) is 5.75 Å². The Morgan fingerprint density at radius 3 is 2.75 bits per heavy atom. The molecule has 2 heterocycles. The lowest BCUT2D eigenvalue weighted by atomic mass is 9.83. The molecule has 0 spiro atoms. The summed E-state index contributed by atoms with van der Waals surface area (Å²) in [4.78, 5) is 28.8. The first kappa shape index (κ1) is 20.6. The van der Waals surface area contributed by atoms with Crippen LogP contribution in [0.1, 0.15) is 18.4 Å². The molecule has 2 fully saturated rings. The monoisotopic (exact) mass is 436 g/mol. The second-order valence-electron chi connectivity index (χ2n) is 8.95. The first-order valence-corrected chi connectivity index (χ1v) is 11.2. The fraction of sp³-hybridized carbons (Fsp3) is 0.458. The van der Waals surface area contributed by atoms with Crippen LogP contribution in [0.5, 0.6) is 5.75 Å². The van der Waals surface area contributed by atoms with Gasteiger partial charge in [-0.15, -0.1) is 0 Å². The highest BCUT2D eigenvalue weighted by molar-refractivity contribution is 5.82. The van der Waals surface area contributed by atoms with Gasteiger partial charge in [0.1, 0.15) is 5.75 Å². The molecular weight excluding hydrogens is 408 g/mol. The summed E-state index contributed by atoms with van der Waals surface area (Å²) in [7, 11) is 1.67. The highest BCUT2D eigenvalue weighted by Gasteiger charge is 2.42. The molecule has 2 unspecified atom stereocenters. The molecule has 32 heavy (non-hydrogen) atoms. The maximum Gasteiger partial charge on any atom is 0.269 e. The van der Waals surface area contributed by atoms with Gasteiger partial charge in [-0.25, -0.2) is 0 Å². The molecule has 2 aromatic rings. The van der Waals surface area contributed by atoms with Crippen LogP contribution >= 0.6 is 0 Å². The van der Waals surface area contributed by atoms with E-state index in [4.69, 9.17) is 4.74 Å². The summed E-state index contributed by atoms with van der Waals surface area (Å²) in [6.45, 7) is 2.93. The number of ether oxygens (including phenoxy) is 1. The molecule has 8 heteroatoms. The second kappa shape index (κ2) is 8.33. The number of nitro groups is 1. The van der Waals surface area contributed by atoms with Crippen molar-refractivity contribution in [3.05, 3.63) is 58.1 Å². The standard InChI is InChI=1S/C24H28N4O4/c1-32-23-5-3-2-4-21(23)26-10-11-27-20-9-8-18(28(30)31)12-17(20)13-19(22(27)15-26)24(29)25-14-16-6-7-16/h2-5,8-9,12,16,19,22H,6-7,10-11,13-15H2,1H3,(H,25,29). The molecule has 0 radical (unpaired) electrons. The summed E-state index contributed by atoms with van der Waals surface area (Å²) in [5.74, 6) is 1.21. The number of nitrogens with zero attached hydrogens (tertiary/aromatic N) is 3. The summed E-state index contributed by atoms with van der Waals surface area (Å²) in [6.07, 6.45) is 2.86. The van der Waals surface area contributed by atoms with E-state index in [1.54, 1.807) is 19.2 Å². The number of hydrogen-bond acceptors (Lipinski definition) is 6. The van der Waals surface area contributed by atoms with Crippen molar-refractivity contribution in [2.75, 3.05) is 43.1 Å². The molecule has 2 atom stereocenters. The Kier molecular flexibility index (Phi) is 5.36. The molecule has 5 rings (SSSR count). The number of para-hydroxylation sites is 2. The molecule has 1 saturated carbocycles. The number of methoxy groups -OCH3 is 1. The fourth-order valence-electron chi connectivity index (χ4n) is 5.03. The van der Waals surface area contributed by atoms with Crippen LogP contribution in [0.3, 0.4) is 0 Å². The highest BCUT2D eigenvalue weighted by Crippen LogP contribution is 2.40. The van der Waals surface area contributed by atoms with E-state index in [-0.39, 0.29) is 28.5 Å². The van der Waals surface area contributed by atoms with Gasteiger partial charge in [0.2, 0.25) is 5.91 Å². The number of nitrogens with one attached hydrogen (secondary N) is 1. The average Bonchev–Trinajstić information content (AvgIpc) is 3.65. The lowest BCUT2D eigenvalue weighted by Gasteiger charge is -2.49. The Morgan fingerprint density at radius 2 is 2.00 bits per heavy atom. The normalized spacial score (nSPS) is 22.0. The van der Waals surface area contributed by atoms with Gasteiger partial charge in [-0.1, -0.05) is 12.1 Å². The maximum atomic E-state index is 13.3. The predicted molar refractivity (Wildman–Crippen MR) is 122 cm³/mol. The van der Waals surface area contributed by atoms with E-state index in [0.29, 0.717) is 18.9 Å². The molecule has 3 aliphatic rings. The van der Waals surface area contributed by atoms with Gasteiger partial charge in [-0.05, 0) is 48.9 Å². The Labute approximate surface area is 187 Å². The molecule has 1 N–H and O–H groups in total.